The van der Waals surface area contributed by atoms with Crippen LogP contribution in [-0.4, -0.2) is 38.5 Å². The minimum Gasteiger partial charge on any atom is -0.343 e. The summed E-state index contributed by atoms with van der Waals surface area (Å²) in [5.74, 6) is 0.153. The number of rotatable bonds is 5. The largest absolute Gasteiger partial charge is 0.343 e. The number of H-pyrrole nitrogens is 1. The minimum absolute atomic E-state index is 0.153. The second kappa shape index (κ2) is 6.11. The van der Waals surface area contributed by atoms with E-state index >= 15 is 0 Å². The summed E-state index contributed by atoms with van der Waals surface area (Å²) in [6.45, 7) is 9.29. The monoisotopic (exact) mass is 290 g/mol. The van der Waals surface area contributed by atoms with Gasteiger partial charge in [0.15, 0.2) is 5.65 Å². The van der Waals surface area contributed by atoms with Gasteiger partial charge in [-0.2, -0.15) is 0 Å². The van der Waals surface area contributed by atoms with Crippen molar-refractivity contribution in [2.45, 2.75) is 40.5 Å². The van der Waals surface area contributed by atoms with Gasteiger partial charge in [-0.1, -0.05) is 0 Å². The van der Waals surface area contributed by atoms with Crippen LogP contribution in [0.15, 0.2) is 10.9 Å². The molecule has 2 heterocycles. The maximum absolute atomic E-state index is 12.1. The van der Waals surface area contributed by atoms with Gasteiger partial charge in [0.05, 0.1) is 0 Å². The van der Waals surface area contributed by atoms with Crippen LogP contribution < -0.4 is 5.56 Å². The van der Waals surface area contributed by atoms with Crippen LogP contribution in [0.25, 0.3) is 5.65 Å². The van der Waals surface area contributed by atoms with Gasteiger partial charge in [-0.3, -0.25) is 14.7 Å². The highest BCUT2D eigenvalue weighted by Crippen LogP contribution is 2.15. The number of amides is 1. The number of hydrogen-bond acceptors (Lipinski definition) is 3. The average Bonchev–Trinajstić information content (AvgIpc) is 2.80. The molecule has 0 atom stereocenters. The number of aromatic amines is 1. The standard InChI is InChI=1S/C15H22N4O2/c1-5-18(6-2)15(21)8-7-12-10(3)16-13-9-14(20)17-19(13)11(12)4/h9H,5-8H2,1-4H3,(H,17,20). The molecule has 0 aromatic carbocycles. The molecule has 0 saturated carbocycles. The van der Waals surface area contributed by atoms with E-state index in [1.807, 2.05) is 32.6 Å². The van der Waals surface area contributed by atoms with Crippen molar-refractivity contribution in [2.75, 3.05) is 13.1 Å². The fourth-order valence-electron chi connectivity index (χ4n) is 2.68. The van der Waals surface area contributed by atoms with Gasteiger partial charge in [0.25, 0.3) is 5.56 Å². The minimum atomic E-state index is -0.165. The summed E-state index contributed by atoms with van der Waals surface area (Å²) in [7, 11) is 0. The van der Waals surface area contributed by atoms with E-state index in [0.717, 1.165) is 30.0 Å². The van der Waals surface area contributed by atoms with Crippen molar-refractivity contribution in [3.63, 3.8) is 0 Å². The van der Waals surface area contributed by atoms with Crippen molar-refractivity contribution in [2.24, 2.45) is 0 Å². The number of nitrogens with one attached hydrogen (secondary N) is 1. The Morgan fingerprint density at radius 2 is 2.00 bits per heavy atom. The smallest absolute Gasteiger partial charge is 0.266 e. The molecule has 0 spiro atoms. The van der Waals surface area contributed by atoms with Crippen LogP contribution in [0.1, 0.15) is 37.2 Å². The summed E-state index contributed by atoms with van der Waals surface area (Å²) in [6.07, 6.45) is 1.10. The Bertz CT molecular complexity index is 710. The highest BCUT2D eigenvalue weighted by Gasteiger charge is 2.14. The summed E-state index contributed by atoms with van der Waals surface area (Å²) < 4.78 is 1.69. The predicted octanol–water partition coefficient (Wildman–Crippen LogP) is 1.44. The van der Waals surface area contributed by atoms with Crippen molar-refractivity contribution in [1.82, 2.24) is 19.5 Å². The van der Waals surface area contributed by atoms with E-state index in [0.29, 0.717) is 18.5 Å². The van der Waals surface area contributed by atoms with Crippen LogP contribution in [0, 0.1) is 13.8 Å². The predicted molar refractivity (Wildman–Crippen MR) is 81.5 cm³/mol. The molecule has 1 N–H and O–H groups in total. The molecule has 2 aromatic heterocycles. The second-order valence-electron chi connectivity index (χ2n) is 5.14. The van der Waals surface area contributed by atoms with Gasteiger partial charge in [-0.05, 0) is 39.7 Å². The molecule has 2 rings (SSSR count). The van der Waals surface area contributed by atoms with Crippen LogP contribution in [-0.2, 0) is 11.2 Å². The lowest BCUT2D eigenvalue weighted by molar-refractivity contribution is -0.130. The number of fused-ring (bicyclic) bond motifs is 1. The molecule has 114 valence electrons. The summed E-state index contributed by atoms with van der Waals surface area (Å²) in [4.78, 5) is 29.8. The van der Waals surface area contributed by atoms with Crippen LogP contribution in [0.3, 0.4) is 0 Å². The van der Waals surface area contributed by atoms with Crippen molar-refractivity contribution < 1.29 is 4.79 Å². The van der Waals surface area contributed by atoms with E-state index < -0.39 is 0 Å². The number of aromatic nitrogens is 3. The number of carbonyl (C=O) groups is 1. The Balaban J connectivity index is 2.26. The maximum Gasteiger partial charge on any atom is 0.266 e. The van der Waals surface area contributed by atoms with Crippen molar-refractivity contribution in [1.29, 1.82) is 0 Å². The second-order valence-corrected chi connectivity index (χ2v) is 5.14. The average molecular weight is 290 g/mol. The Morgan fingerprint density at radius 3 is 2.62 bits per heavy atom. The zero-order valence-electron chi connectivity index (χ0n) is 13.1. The van der Waals surface area contributed by atoms with Gasteiger partial charge >= 0.3 is 0 Å². The van der Waals surface area contributed by atoms with Crippen molar-refractivity contribution >= 4 is 11.6 Å². The molecular weight excluding hydrogens is 268 g/mol. The number of carbonyl (C=O) groups excluding carboxylic acids is 1. The maximum atomic E-state index is 12.1. The van der Waals surface area contributed by atoms with Crippen LogP contribution in [0.2, 0.25) is 0 Å². The van der Waals surface area contributed by atoms with Gasteiger partial charge in [0.2, 0.25) is 5.91 Å². The first-order valence-corrected chi connectivity index (χ1v) is 7.33. The van der Waals surface area contributed by atoms with Crippen LogP contribution in [0.5, 0.6) is 0 Å². The van der Waals surface area contributed by atoms with E-state index in [-0.39, 0.29) is 11.5 Å². The Morgan fingerprint density at radius 1 is 1.33 bits per heavy atom. The number of aryl methyl sites for hydroxylation is 2. The summed E-state index contributed by atoms with van der Waals surface area (Å²) >= 11 is 0. The molecular formula is C15H22N4O2. The highest BCUT2D eigenvalue weighted by molar-refractivity contribution is 5.76. The van der Waals surface area contributed by atoms with Crippen molar-refractivity contribution in [3.05, 3.63) is 33.4 Å². The molecule has 21 heavy (non-hydrogen) atoms. The zero-order valence-corrected chi connectivity index (χ0v) is 13.1. The molecule has 2 aromatic rings. The quantitative estimate of drug-likeness (QED) is 0.906. The van der Waals surface area contributed by atoms with Gasteiger partial charge < -0.3 is 4.90 Å². The molecule has 0 aliphatic heterocycles. The highest BCUT2D eigenvalue weighted by atomic mass is 16.2. The molecule has 1 amide bonds. The van der Waals surface area contributed by atoms with E-state index in [1.54, 1.807) is 4.52 Å². The third-order valence-corrected chi connectivity index (χ3v) is 3.91. The molecule has 6 nitrogen and oxygen atoms in total. The fourth-order valence-corrected chi connectivity index (χ4v) is 2.68. The first-order chi connectivity index (χ1) is 9.97. The zero-order chi connectivity index (χ0) is 15.6. The lowest BCUT2D eigenvalue weighted by Gasteiger charge is -2.19. The van der Waals surface area contributed by atoms with E-state index in [4.69, 9.17) is 0 Å². The topological polar surface area (TPSA) is 70.5 Å². The molecule has 0 radical (unpaired) electrons. The van der Waals surface area contributed by atoms with Gasteiger partial charge in [0.1, 0.15) is 0 Å². The number of hydrogen-bond donors (Lipinski definition) is 1. The van der Waals surface area contributed by atoms with Crippen LogP contribution >= 0.6 is 0 Å². The molecule has 0 fully saturated rings. The molecule has 0 aliphatic rings. The third-order valence-electron chi connectivity index (χ3n) is 3.91. The van der Waals surface area contributed by atoms with E-state index in [2.05, 4.69) is 10.1 Å². The Kier molecular flexibility index (Phi) is 4.45. The Hall–Kier alpha value is -2.11. The Labute approximate surface area is 123 Å². The van der Waals surface area contributed by atoms with Crippen molar-refractivity contribution in [3.8, 4) is 0 Å². The summed E-state index contributed by atoms with van der Waals surface area (Å²) in [6, 6.07) is 1.48. The molecule has 0 saturated heterocycles. The normalized spacial score (nSPS) is 11.0. The first-order valence-electron chi connectivity index (χ1n) is 7.33. The molecule has 0 unspecified atom stereocenters. The van der Waals surface area contributed by atoms with Gasteiger partial charge in [-0.15, -0.1) is 0 Å². The fraction of sp³-hybridized carbons (Fsp3) is 0.533. The number of nitrogens with zero attached hydrogens (tertiary/aromatic N) is 3. The first kappa shape index (κ1) is 15.3. The molecule has 0 bridgehead atoms. The SMILES string of the molecule is CCN(CC)C(=O)CCc1c(C)nc2cc(=O)[nH]n2c1C. The molecule has 0 aliphatic carbocycles. The summed E-state index contributed by atoms with van der Waals surface area (Å²) in [5.41, 5.74) is 3.29. The lowest BCUT2D eigenvalue weighted by Crippen LogP contribution is -2.30. The summed E-state index contributed by atoms with van der Waals surface area (Å²) in [5, 5.41) is 2.73. The van der Waals surface area contributed by atoms with E-state index in [9.17, 15) is 9.59 Å². The lowest BCUT2D eigenvalue weighted by atomic mass is 10.1. The molecule has 6 heteroatoms. The van der Waals surface area contributed by atoms with Gasteiger partial charge in [-0.25, -0.2) is 9.50 Å². The van der Waals surface area contributed by atoms with Gasteiger partial charge in [0, 0.05) is 37.0 Å². The van der Waals surface area contributed by atoms with E-state index in [1.165, 1.54) is 6.07 Å². The van der Waals surface area contributed by atoms with Crippen LogP contribution in [0.4, 0.5) is 0 Å². The third kappa shape index (κ3) is 2.99.